The average Bonchev–Trinajstić information content (AvgIpc) is 2.88. The lowest BCUT2D eigenvalue weighted by molar-refractivity contribution is 0.559. The van der Waals surface area contributed by atoms with Gasteiger partial charge in [0.2, 0.25) is 0 Å². The third kappa shape index (κ3) is 6.99. The van der Waals surface area contributed by atoms with E-state index in [9.17, 15) is 8.42 Å². The van der Waals surface area contributed by atoms with Gasteiger partial charge in [-0.3, -0.25) is 4.99 Å². The average molecular weight is 442 g/mol. The van der Waals surface area contributed by atoms with Gasteiger partial charge in [0.25, 0.3) is 0 Å². The minimum Gasteiger partial charge on any atom is -0.355 e. The second-order valence-corrected chi connectivity index (χ2v) is 8.64. The molecule has 1 aromatic heterocycles. The van der Waals surface area contributed by atoms with Gasteiger partial charge in [-0.15, -0.1) is 24.0 Å². The third-order valence-electron chi connectivity index (χ3n) is 3.15. The van der Waals surface area contributed by atoms with Crippen LogP contribution >= 0.6 is 24.0 Å². The lowest BCUT2D eigenvalue weighted by Crippen LogP contribution is -2.42. The monoisotopic (exact) mass is 442 g/mol. The number of nitrogens with one attached hydrogen (secondary N) is 2. The van der Waals surface area contributed by atoms with Gasteiger partial charge in [-0.05, 0) is 32.9 Å². The summed E-state index contributed by atoms with van der Waals surface area (Å²) in [5.41, 5.74) is 0. The van der Waals surface area contributed by atoms with Crippen molar-refractivity contribution in [3.8, 4) is 0 Å². The molecule has 0 bridgehead atoms. The molecule has 22 heavy (non-hydrogen) atoms. The van der Waals surface area contributed by atoms with Gasteiger partial charge in [0.05, 0.1) is 10.5 Å². The van der Waals surface area contributed by atoms with E-state index in [0.29, 0.717) is 12.5 Å². The molecule has 0 radical (unpaired) electrons. The number of nitrogens with zero attached hydrogens (tertiary/aromatic N) is 2. The molecule has 0 fully saturated rings. The molecule has 1 heterocycles. The maximum Gasteiger partial charge on any atom is 0.191 e. The SMILES string of the molecule is CN=C(NCCn1cccc1)NCCS(=O)(=O)C(C)(C)C.I. The van der Waals surface area contributed by atoms with Crippen LogP contribution < -0.4 is 10.6 Å². The van der Waals surface area contributed by atoms with Crippen LogP contribution in [-0.2, 0) is 16.4 Å². The smallest absolute Gasteiger partial charge is 0.191 e. The molecule has 0 aliphatic rings. The first kappa shape index (κ1) is 21.2. The van der Waals surface area contributed by atoms with Gasteiger partial charge in [0.15, 0.2) is 15.8 Å². The van der Waals surface area contributed by atoms with E-state index in [0.717, 1.165) is 13.1 Å². The predicted octanol–water partition coefficient (Wildman–Crippen LogP) is 1.48. The molecule has 0 saturated carbocycles. The first-order valence-corrected chi connectivity index (χ1v) is 8.69. The second kappa shape index (κ2) is 9.39. The fourth-order valence-corrected chi connectivity index (χ4v) is 2.64. The van der Waals surface area contributed by atoms with Gasteiger partial charge in [-0.2, -0.15) is 0 Å². The predicted molar refractivity (Wildman–Crippen MR) is 103 cm³/mol. The summed E-state index contributed by atoms with van der Waals surface area (Å²) in [4.78, 5) is 4.08. The number of rotatable bonds is 6. The highest BCUT2D eigenvalue weighted by atomic mass is 127. The van der Waals surface area contributed by atoms with Crippen LogP contribution in [0.25, 0.3) is 0 Å². The highest BCUT2D eigenvalue weighted by molar-refractivity contribution is 14.0. The summed E-state index contributed by atoms with van der Waals surface area (Å²) in [6.45, 7) is 7.04. The zero-order valence-corrected chi connectivity index (χ0v) is 16.8. The Balaban J connectivity index is 0.00000441. The Bertz CT molecular complexity index is 548. The van der Waals surface area contributed by atoms with Crippen molar-refractivity contribution in [1.82, 2.24) is 15.2 Å². The highest BCUT2D eigenvalue weighted by Crippen LogP contribution is 2.15. The van der Waals surface area contributed by atoms with Crippen molar-refractivity contribution in [2.45, 2.75) is 32.1 Å². The molecule has 0 aliphatic heterocycles. The molecule has 0 aliphatic carbocycles. The number of aliphatic imine (C=N–C) groups is 1. The molecule has 0 unspecified atom stereocenters. The Morgan fingerprint density at radius 2 is 1.68 bits per heavy atom. The number of halogens is 1. The van der Waals surface area contributed by atoms with E-state index in [1.165, 1.54) is 0 Å². The van der Waals surface area contributed by atoms with Crippen molar-refractivity contribution in [2.75, 3.05) is 25.9 Å². The normalized spacial score (nSPS) is 12.6. The molecule has 0 aromatic carbocycles. The molecule has 1 rings (SSSR count). The summed E-state index contributed by atoms with van der Waals surface area (Å²) in [6.07, 6.45) is 3.99. The van der Waals surface area contributed by atoms with Crippen molar-refractivity contribution in [1.29, 1.82) is 0 Å². The Morgan fingerprint density at radius 1 is 1.14 bits per heavy atom. The molecule has 0 saturated heterocycles. The van der Waals surface area contributed by atoms with Crippen LogP contribution in [0.5, 0.6) is 0 Å². The number of aromatic nitrogens is 1. The van der Waals surface area contributed by atoms with Crippen LogP contribution in [0.3, 0.4) is 0 Å². The van der Waals surface area contributed by atoms with Crippen LogP contribution in [0, 0.1) is 0 Å². The Morgan fingerprint density at radius 3 is 2.18 bits per heavy atom. The van der Waals surface area contributed by atoms with Crippen molar-refractivity contribution in [3.63, 3.8) is 0 Å². The van der Waals surface area contributed by atoms with Crippen LogP contribution in [0.15, 0.2) is 29.5 Å². The molecule has 0 amide bonds. The largest absolute Gasteiger partial charge is 0.355 e. The van der Waals surface area contributed by atoms with Crippen LogP contribution in [-0.4, -0.2) is 49.6 Å². The number of sulfone groups is 1. The van der Waals surface area contributed by atoms with E-state index in [-0.39, 0.29) is 29.7 Å². The summed E-state index contributed by atoms with van der Waals surface area (Å²) >= 11 is 0. The van der Waals surface area contributed by atoms with Crippen molar-refractivity contribution < 1.29 is 8.42 Å². The summed E-state index contributed by atoms with van der Waals surface area (Å²) in [7, 11) is -1.44. The van der Waals surface area contributed by atoms with E-state index in [1.807, 2.05) is 24.5 Å². The number of hydrogen-bond acceptors (Lipinski definition) is 3. The molecule has 2 N–H and O–H groups in total. The minimum absolute atomic E-state index is 0. The van der Waals surface area contributed by atoms with Crippen LogP contribution in [0.4, 0.5) is 0 Å². The molecule has 0 spiro atoms. The zero-order valence-electron chi connectivity index (χ0n) is 13.7. The van der Waals surface area contributed by atoms with E-state index >= 15 is 0 Å². The van der Waals surface area contributed by atoms with Gasteiger partial charge in [0, 0.05) is 39.1 Å². The van der Waals surface area contributed by atoms with Gasteiger partial charge < -0.3 is 15.2 Å². The van der Waals surface area contributed by atoms with Crippen molar-refractivity contribution >= 4 is 39.8 Å². The zero-order chi connectivity index (χ0) is 15.9. The fraction of sp³-hybridized carbons (Fsp3) is 0.643. The lowest BCUT2D eigenvalue weighted by atomic mass is 10.3. The van der Waals surface area contributed by atoms with Crippen LogP contribution in [0.1, 0.15) is 20.8 Å². The third-order valence-corrected chi connectivity index (χ3v) is 5.76. The standard InChI is InChI=1S/C14H26N4O2S.HI/c1-14(2,3)21(19,20)12-8-17-13(15-4)16-7-11-18-9-5-6-10-18;/h5-6,9-10H,7-8,11-12H2,1-4H3,(H2,15,16,17);1H. The molecule has 0 atom stereocenters. The van der Waals surface area contributed by atoms with E-state index < -0.39 is 14.6 Å². The van der Waals surface area contributed by atoms with Crippen molar-refractivity contribution in [3.05, 3.63) is 24.5 Å². The van der Waals surface area contributed by atoms with Gasteiger partial charge >= 0.3 is 0 Å². The molecular weight excluding hydrogens is 415 g/mol. The van der Waals surface area contributed by atoms with Gasteiger partial charge in [-0.25, -0.2) is 8.42 Å². The molecule has 8 heteroatoms. The Labute approximate surface area is 150 Å². The Kier molecular flexibility index (Phi) is 9.06. The van der Waals surface area contributed by atoms with E-state index in [2.05, 4.69) is 20.2 Å². The lowest BCUT2D eigenvalue weighted by Gasteiger charge is -2.19. The summed E-state index contributed by atoms with van der Waals surface area (Å²) in [5, 5.41) is 6.18. The van der Waals surface area contributed by atoms with E-state index in [1.54, 1.807) is 27.8 Å². The number of hydrogen-bond donors (Lipinski definition) is 2. The minimum atomic E-state index is -3.11. The summed E-state index contributed by atoms with van der Waals surface area (Å²) in [6, 6.07) is 3.95. The second-order valence-electron chi connectivity index (χ2n) is 5.78. The first-order chi connectivity index (χ1) is 9.76. The van der Waals surface area contributed by atoms with Crippen LogP contribution in [0.2, 0.25) is 0 Å². The molecule has 1 aromatic rings. The number of guanidine groups is 1. The first-order valence-electron chi connectivity index (χ1n) is 7.04. The maximum absolute atomic E-state index is 12.0. The van der Waals surface area contributed by atoms with E-state index in [4.69, 9.17) is 0 Å². The Hall–Kier alpha value is -0.770. The highest BCUT2D eigenvalue weighted by Gasteiger charge is 2.28. The summed E-state index contributed by atoms with van der Waals surface area (Å²) in [5.74, 6) is 0.709. The van der Waals surface area contributed by atoms with Gasteiger partial charge in [0.1, 0.15) is 0 Å². The maximum atomic E-state index is 12.0. The molecule has 6 nitrogen and oxygen atoms in total. The fourth-order valence-electron chi connectivity index (χ4n) is 1.65. The quantitative estimate of drug-likeness (QED) is 0.398. The van der Waals surface area contributed by atoms with Gasteiger partial charge in [-0.1, -0.05) is 0 Å². The topological polar surface area (TPSA) is 75.5 Å². The molecule has 128 valence electrons. The van der Waals surface area contributed by atoms with Crippen molar-refractivity contribution in [2.24, 2.45) is 4.99 Å². The summed E-state index contributed by atoms with van der Waals surface area (Å²) < 4.78 is 25.3. The molecular formula is C14H27IN4O2S.